The predicted octanol–water partition coefficient (Wildman–Crippen LogP) is 2.60. The summed E-state index contributed by atoms with van der Waals surface area (Å²) in [5.41, 5.74) is 1.46. The molecule has 2 aliphatic rings. The summed E-state index contributed by atoms with van der Waals surface area (Å²) in [6.07, 6.45) is 5.20. The van der Waals surface area contributed by atoms with E-state index in [2.05, 4.69) is 45.5 Å². The molecule has 3 heteroatoms. The first kappa shape index (κ1) is 12.5. The molecule has 0 amide bonds. The molecule has 1 unspecified atom stereocenters. The van der Waals surface area contributed by atoms with Crippen LogP contribution in [0.25, 0.3) is 0 Å². The van der Waals surface area contributed by atoms with Crippen LogP contribution in [0.3, 0.4) is 0 Å². The molecule has 19 heavy (non-hydrogen) atoms. The molecule has 1 aromatic rings. The summed E-state index contributed by atoms with van der Waals surface area (Å²) < 4.78 is 0. The first-order valence-electron chi connectivity index (χ1n) is 7.40. The monoisotopic (exact) mass is 257 g/mol. The van der Waals surface area contributed by atoms with Crippen molar-refractivity contribution >= 4 is 5.96 Å². The van der Waals surface area contributed by atoms with Crippen LogP contribution < -0.4 is 5.32 Å². The minimum Gasteiger partial charge on any atom is -0.354 e. The zero-order valence-electron chi connectivity index (χ0n) is 11.7. The highest BCUT2D eigenvalue weighted by Crippen LogP contribution is 2.27. The lowest BCUT2D eigenvalue weighted by molar-refractivity contribution is 0.361. The average molecular weight is 257 g/mol. The predicted molar refractivity (Wildman–Crippen MR) is 79.5 cm³/mol. The van der Waals surface area contributed by atoms with Crippen molar-refractivity contribution in [2.75, 3.05) is 20.1 Å². The van der Waals surface area contributed by atoms with Crippen molar-refractivity contribution in [1.82, 2.24) is 10.2 Å². The van der Waals surface area contributed by atoms with Crippen LogP contribution in [-0.4, -0.2) is 37.0 Å². The molecule has 1 saturated heterocycles. The Bertz CT molecular complexity index is 437. The first-order valence-corrected chi connectivity index (χ1v) is 7.40. The fourth-order valence-electron chi connectivity index (χ4n) is 2.98. The summed E-state index contributed by atoms with van der Waals surface area (Å²) in [5.74, 6) is 1.75. The Labute approximate surface area is 115 Å². The third-order valence-corrected chi connectivity index (χ3v) is 4.41. The molecule has 1 aliphatic heterocycles. The average Bonchev–Trinajstić information content (AvgIpc) is 2.88. The van der Waals surface area contributed by atoms with Crippen molar-refractivity contribution < 1.29 is 0 Å². The second-order valence-electron chi connectivity index (χ2n) is 5.66. The van der Waals surface area contributed by atoms with E-state index >= 15 is 0 Å². The number of likely N-dealkylation sites (tertiary alicyclic amines) is 1. The molecular formula is C16H23N3. The van der Waals surface area contributed by atoms with Gasteiger partial charge in [-0.25, -0.2) is 0 Å². The van der Waals surface area contributed by atoms with E-state index in [0.29, 0.717) is 12.0 Å². The Kier molecular flexibility index (Phi) is 3.72. The van der Waals surface area contributed by atoms with Gasteiger partial charge in [-0.2, -0.15) is 0 Å². The van der Waals surface area contributed by atoms with Crippen LogP contribution in [0.15, 0.2) is 35.3 Å². The Morgan fingerprint density at radius 3 is 2.63 bits per heavy atom. The van der Waals surface area contributed by atoms with Crippen molar-refractivity contribution in [3.05, 3.63) is 35.9 Å². The zero-order chi connectivity index (χ0) is 13.1. The van der Waals surface area contributed by atoms with Crippen molar-refractivity contribution in [2.24, 2.45) is 4.99 Å². The Balaban J connectivity index is 1.61. The smallest absolute Gasteiger partial charge is 0.193 e. The number of benzene rings is 1. The van der Waals surface area contributed by atoms with Crippen LogP contribution >= 0.6 is 0 Å². The highest BCUT2D eigenvalue weighted by atomic mass is 15.3. The summed E-state index contributed by atoms with van der Waals surface area (Å²) in [6.45, 7) is 2.21. The van der Waals surface area contributed by atoms with E-state index in [1.54, 1.807) is 0 Å². The molecule has 0 radical (unpaired) electrons. The standard InChI is InChI=1S/C16H23N3/c1-17-16(18-15-8-5-9-15)19-11-10-14(12-19)13-6-3-2-4-7-13/h2-4,6-7,14-15H,5,8-12H2,1H3,(H,17,18). The van der Waals surface area contributed by atoms with Gasteiger partial charge in [-0.1, -0.05) is 30.3 Å². The Morgan fingerprint density at radius 2 is 2.00 bits per heavy atom. The van der Waals surface area contributed by atoms with E-state index in [1.807, 2.05) is 7.05 Å². The number of aliphatic imine (C=N–C) groups is 1. The highest BCUT2D eigenvalue weighted by Gasteiger charge is 2.28. The van der Waals surface area contributed by atoms with E-state index in [9.17, 15) is 0 Å². The molecule has 0 aromatic heterocycles. The van der Waals surface area contributed by atoms with E-state index in [1.165, 1.54) is 31.2 Å². The third kappa shape index (κ3) is 2.75. The summed E-state index contributed by atoms with van der Waals surface area (Å²) in [5, 5.41) is 3.59. The van der Waals surface area contributed by atoms with Crippen LogP contribution in [-0.2, 0) is 0 Å². The fraction of sp³-hybridized carbons (Fsp3) is 0.562. The van der Waals surface area contributed by atoms with E-state index < -0.39 is 0 Å². The topological polar surface area (TPSA) is 27.6 Å². The number of rotatable bonds is 2. The lowest BCUT2D eigenvalue weighted by Gasteiger charge is -2.31. The molecule has 1 heterocycles. The maximum atomic E-state index is 4.45. The van der Waals surface area contributed by atoms with Crippen molar-refractivity contribution in [3.63, 3.8) is 0 Å². The molecule has 3 nitrogen and oxygen atoms in total. The number of hydrogen-bond acceptors (Lipinski definition) is 1. The number of guanidine groups is 1. The number of nitrogens with one attached hydrogen (secondary N) is 1. The van der Waals surface area contributed by atoms with Gasteiger partial charge in [0, 0.05) is 32.1 Å². The van der Waals surface area contributed by atoms with Gasteiger partial charge < -0.3 is 10.2 Å². The van der Waals surface area contributed by atoms with Gasteiger partial charge in [0.1, 0.15) is 0 Å². The third-order valence-electron chi connectivity index (χ3n) is 4.41. The number of nitrogens with zero attached hydrogens (tertiary/aromatic N) is 2. The summed E-state index contributed by atoms with van der Waals surface area (Å²) >= 11 is 0. The second kappa shape index (κ2) is 5.64. The van der Waals surface area contributed by atoms with Gasteiger partial charge in [-0.05, 0) is 31.2 Å². The largest absolute Gasteiger partial charge is 0.354 e. The summed E-state index contributed by atoms with van der Waals surface area (Å²) in [4.78, 5) is 6.86. The van der Waals surface area contributed by atoms with Crippen LogP contribution in [0.2, 0.25) is 0 Å². The fourth-order valence-corrected chi connectivity index (χ4v) is 2.98. The van der Waals surface area contributed by atoms with Gasteiger partial charge in [0.25, 0.3) is 0 Å². The van der Waals surface area contributed by atoms with Gasteiger partial charge in [0.05, 0.1) is 0 Å². The minimum atomic E-state index is 0.654. The molecular weight excluding hydrogens is 234 g/mol. The number of hydrogen-bond donors (Lipinski definition) is 1. The normalized spacial score (nSPS) is 24.4. The van der Waals surface area contributed by atoms with Crippen molar-refractivity contribution in [2.45, 2.75) is 37.6 Å². The Morgan fingerprint density at radius 1 is 1.21 bits per heavy atom. The SMILES string of the molecule is CN=C(NC1CCC1)N1CCC(c2ccccc2)C1. The summed E-state index contributed by atoms with van der Waals surface area (Å²) in [7, 11) is 1.90. The molecule has 1 aromatic carbocycles. The van der Waals surface area contributed by atoms with Crippen LogP contribution in [0.1, 0.15) is 37.2 Å². The van der Waals surface area contributed by atoms with E-state index in [-0.39, 0.29) is 0 Å². The lowest BCUT2D eigenvalue weighted by Crippen LogP contribution is -2.47. The molecule has 1 saturated carbocycles. The molecule has 0 bridgehead atoms. The van der Waals surface area contributed by atoms with Gasteiger partial charge in [0.2, 0.25) is 0 Å². The lowest BCUT2D eigenvalue weighted by atomic mass is 9.93. The molecule has 3 rings (SSSR count). The van der Waals surface area contributed by atoms with Crippen molar-refractivity contribution in [3.8, 4) is 0 Å². The van der Waals surface area contributed by atoms with E-state index in [4.69, 9.17) is 0 Å². The highest BCUT2D eigenvalue weighted by molar-refractivity contribution is 5.80. The summed E-state index contributed by atoms with van der Waals surface area (Å²) in [6, 6.07) is 11.5. The molecule has 1 N–H and O–H groups in total. The van der Waals surface area contributed by atoms with Gasteiger partial charge in [-0.3, -0.25) is 4.99 Å². The molecule has 102 valence electrons. The quantitative estimate of drug-likeness (QED) is 0.651. The molecule has 1 atom stereocenters. The van der Waals surface area contributed by atoms with Crippen LogP contribution in [0.5, 0.6) is 0 Å². The molecule has 0 spiro atoms. The molecule has 2 fully saturated rings. The van der Waals surface area contributed by atoms with Crippen LogP contribution in [0.4, 0.5) is 0 Å². The maximum absolute atomic E-state index is 4.45. The minimum absolute atomic E-state index is 0.654. The van der Waals surface area contributed by atoms with E-state index in [0.717, 1.165) is 19.0 Å². The van der Waals surface area contributed by atoms with Crippen LogP contribution in [0, 0.1) is 0 Å². The van der Waals surface area contributed by atoms with Crippen molar-refractivity contribution in [1.29, 1.82) is 0 Å². The van der Waals surface area contributed by atoms with Gasteiger partial charge in [0.15, 0.2) is 5.96 Å². The molecule has 1 aliphatic carbocycles. The maximum Gasteiger partial charge on any atom is 0.193 e. The van der Waals surface area contributed by atoms with Gasteiger partial charge in [-0.15, -0.1) is 0 Å². The van der Waals surface area contributed by atoms with Gasteiger partial charge >= 0.3 is 0 Å². The Hall–Kier alpha value is -1.51. The first-order chi connectivity index (χ1) is 9.36. The second-order valence-corrected chi connectivity index (χ2v) is 5.66. The zero-order valence-corrected chi connectivity index (χ0v) is 11.7.